The van der Waals surface area contributed by atoms with Gasteiger partial charge in [0.25, 0.3) is 0 Å². The Hall–Kier alpha value is -2.65. The predicted molar refractivity (Wildman–Crippen MR) is 119 cm³/mol. The van der Waals surface area contributed by atoms with E-state index in [1.54, 1.807) is 14.2 Å². The first-order chi connectivity index (χ1) is 15.3. The van der Waals surface area contributed by atoms with Crippen molar-refractivity contribution in [1.82, 2.24) is 9.21 Å². The van der Waals surface area contributed by atoms with Crippen LogP contribution >= 0.6 is 0 Å². The van der Waals surface area contributed by atoms with Crippen molar-refractivity contribution in [2.75, 3.05) is 34.4 Å². The van der Waals surface area contributed by atoms with Gasteiger partial charge in [-0.2, -0.15) is 0 Å². The molecule has 3 rings (SSSR count). The Morgan fingerprint density at radius 1 is 1.16 bits per heavy atom. The minimum Gasteiger partial charge on any atom is -0.497 e. The van der Waals surface area contributed by atoms with Crippen molar-refractivity contribution in [1.29, 1.82) is 0 Å². The highest BCUT2D eigenvalue weighted by Crippen LogP contribution is 2.39. The number of carbonyl (C=O) groups is 1. The zero-order chi connectivity index (χ0) is 23.3. The Labute approximate surface area is 188 Å². The number of likely N-dealkylation sites (tertiary alicyclic amines) is 1. The highest BCUT2D eigenvalue weighted by Gasteiger charge is 2.32. The van der Waals surface area contributed by atoms with Crippen molar-refractivity contribution in [2.45, 2.75) is 36.6 Å². The van der Waals surface area contributed by atoms with E-state index in [9.17, 15) is 17.6 Å². The SMILES string of the molecule is COc1ccc(OC)c(C2CCCN2C(=O)CCCN(C)S(=O)(=O)c2ccc(F)cc2)c1. The fraction of sp³-hybridized carbons (Fsp3) is 0.435. The molecule has 0 N–H and O–H groups in total. The number of carbonyl (C=O) groups excluding carboxylic acids is 1. The van der Waals surface area contributed by atoms with Gasteiger partial charge < -0.3 is 14.4 Å². The lowest BCUT2D eigenvalue weighted by Gasteiger charge is -2.27. The van der Waals surface area contributed by atoms with Crippen LogP contribution in [0.2, 0.25) is 0 Å². The second kappa shape index (κ2) is 10.3. The molecule has 1 unspecified atom stereocenters. The number of nitrogens with zero attached hydrogens (tertiary/aromatic N) is 2. The standard InChI is InChI=1S/C23H29FN2O5S/c1-25(32(28,29)19-11-8-17(24)9-12-19)14-5-7-23(27)26-15-4-6-21(26)20-16-18(30-2)10-13-22(20)31-3/h8-13,16,21H,4-7,14-15H2,1-3H3. The van der Waals surface area contributed by atoms with Gasteiger partial charge in [-0.05, 0) is 61.7 Å². The maximum Gasteiger partial charge on any atom is 0.242 e. The number of benzene rings is 2. The van der Waals surface area contributed by atoms with E-state index < -0.39 is 15.8 Å². The van der Waals surface area contributed by atoms with Gasteiger partial charge >= 0.3 is 0 Å². The van der Waals surface area contributed by atoms with E-state index in [1.807, 2.05) is 23.1 Å². The summed E-state index contributed by atoms with van der Waals surface area (Å²) in [4.78, 5) is 14.8. The lowest BCUT2D eigenvalue weighted by Crippen LogP contribution is -2.32. The first-order valence-corrected chi connectivity index (χ1v) is 11.9. The number of hydrogen-bond donors (Lipinski definition) is 0. The van der Waals surface area contributed by atoms with Gasteiger partial charge in [0.15, 0.2) is 0 Å². The molecule has 1 heterocycles. The fourth-order valence-electron chi connectivity index (χ4n) is 3.99. The number of sulfonamides is 1. The number of methoxy groups -OCH3 is 2. The molecule has 0 saturated carbocycles. The van der Waals surface area contributed by atoms with Gasteiger partial charge in [0.1, 0.15) is 17.3 Å². The van der Waals surface area contributed by atoms with E-state index in [-0.39, 0.29) is 29.8 Å². The van der Waals surface area contributed by atoms with Crippen LogP contribution in [0.25, 0.3) is 0 Å². The Morgan fingerprint density at radius 3 is 2.53 bits per heavy atom. The molecule has 1 amide bonds. The Kier molecular flexibility index (Phi) is 7.73. The van der Waals surface area contributed by atoms with E-state index in [2.05, 4.69) is 0 Å². The van der Waals surface area contributed by atoms with Gasteiger partial charge in [0, 0.05) is 32.1 Å². The Morgan fingerprint density at radius 2 is 1.88 bits per heavy atom. The van der Waals surface area contributed by atoms with Crippen LogP contribution in [0.5, 0.6) is 11.5 Å². The summed E-state index contributed by atoms with van der Waals surface area (Å²) in [6, 6.07) is 10.2. The molecule has 174 valence electrons. The molecule has 1 aliphatic rings. The molecule has 0 bridgehead atoms. The second-order valence-corrected chi connectivity index (χ2v) is 9.78. The van der Waals surface area contributed by atoms with Crippen LogP contribution in [0.4, 0.5) is 4.39 Å². The van der Waals surface area contributed by atoms with Gasteiger partial charge in [0.2, 0.25) is 15.9 Å². The van der Waals surface area contributed by atoms with E-state index in [1.165, 1.54) is 23.5 Å². The number of halogens is 1. The molecule has 1 atom stereocenters. The third kappa shape index (κ3) is 5.21. The van der Waals surface area contributed by atoms with Crippen molar-refractivity contribution >= 4 is 15.9 Å². The molecule has 1 aliphatic heterocycles. The Balaban J connectivity index is 1.63. The predicted octanol–water partition coefficient (Wildman–Crippen LogP) is 3.61. The highest BCUT2D eigenvalue weighted by molar-refractivity contribution is 7.89. The minimum absolute atomic E-state index is 0.0232. The summed E-state index contributed by atoms with van der Waals surface area (Å²) in [6.45, 7) is 0.833. The molecule has 0 aromatic heterocycles. The van der Waals surface area contributed by atoms with Crippen LogP contribution in [-0.2, 0) is 14.8 Å². The third-order valence-electron chi connectivity index (χ3n) is 5.75. The summed E-state index contributed by atoms with van der Waals surface area (Å²) >= 11 is 0. The van der Waals surface area contributed by atoms with E-state index >= 15 is 0 Å². The molecule has 1 saturated heterocycles. The quantitative estimate of drug-likeness (QED) is 0.567. The topological polar surface area (TPSA) is 76.2 Å². The molecule has 2 aromatic rings. The smallest absolute Gasteiger partial charge is 0.242 e. The lowest BCUT2D eigenvalue weighted by atomic mass is 10.0. The van der Waals surface area contributed by atoms with Crippen molar-refractivity contribution < 1.29 is 27.1 Å². The lowest BCUT2D eigenvalue weighted by molar-refractivity contribution is -0.132. The molecule has 32 heavy (non-hydrogen) atoms. The van der Waals surface area contributed by atoms with Crippen LogP contribution in [0.3, 0.4) is 0 Å². The van der Waals surface area contributed by atoms with E-state index in [0.717, 1.165) is 30.5 Å². The number of hydrogen-bond acceptors (Lipinski definition) is 5. The average molecular weight is 465 g/mol. The van der Waals surface area contributed by atoms with Crippen LogP contribution in [0, 0.1) is 5.82 Å². The number of amides is 1. The normalized spacial score (nSPS) is 16.4. The fourth-order valence-corrected chi connectivity index (χ4v) is 5.20. The number of ether oxygens (including phenoxy) is 2. The van der Waals surface area contributed by atoms with Crippen LogP contribution < -0.4 is 9.47 Å². The van der Waals surface area contributed by atoms with E-state index in [4.69, 9.17) is 9.47 Å². The maximum atomic E-state index is 13.1. The number of rotatable bonds is 9. The maximum absolute atomic E-state index is 13.1. The average Bonchev–Trinajstić information content (AvgIpc) is 3.28. The highest BCUT2D eigenvalue weighted by atomic mass is 32.2. The summed E-state index contributed by atoms with van der Waals surface area (Å²) in [5.74, 6) is 0.892. The zero-order valence-corrected chi connectivity index (χ0v) is 19.4. The molecule has 0 aliphatic carbocycles. The van der Waals surface area contributed by atoms with E-state index in [0.29, 0.717) is 24.5 Å². The van der Waals surface area contributed by atoms with Gasteiger partial charge in [-0.1, -0.05) is 0 Å². The molecule has 0 radical (unpaired) electrons. The van der Waals surface area contributed by atoms with Crippen molar-refractivity contribution in [3.05, 3.63) is 53.8 Å². The van der Waals surface area contributed by atoms with Crippen molar-refractivity contribution in [3.63, 3.8) is 0 Å². The Bertz CT molecular complexity index is 1040. The molecule has 9 heteroatoms. The first kappa shape index (κ1) is 24.0. The molecule has 0 spiro atoms. The van der Waals surface area contributed by atoms with Crippen LogP contribution in [0.15, 0.2) is 47.4 Å². The monoisotopic (exact) mass is 464 g/mol. The molecule has 1 fully saturated rings. The molecule has 7 nitrogen and oxygen atoms in total. The first-order valence-electron chi connectivity index (χ1n) is 10.5. The van der Waals surface area contributed by atoms with Gasteiger partial charge in [0.05, 0.1) is 25.2 Å². The summed E-state index contributed by atoms with van der Waals surface area (Å²) in [5.41, 5.74) is 0.911. The van der Waals surface area contributed by atoms with Gasteiger partial charge in [-0.15, -0.1) is 0 Å². The summed E-state index contributed by atoms with van der Waals surface area (Å²) in [5, 5.41) is 0. The zero-order valence-electron chi connectivity index (χ0n) is 18.6. The van der Waals surface area contributed by atoms with Crippen LogP contribution in [-0.4, -0.2) is 57.9 Å². The van der Waals surface area contributed by atoms with Crippen LogP contribution in [0.1, 0.15) is 37.3 Å². The van der Waals surface area contributed by atoms with Gasteiger partial charge in [-0.25, -0.2) is 17.1 Å². The van der Waals surface area contributed by atoms with Crippen molar-refractivity contribution in [2.24, 2.45) is 0 Å². The van der Waals surface area contributed by atoms with Gasteiger partial charge in [-0.3, -0.25) is 4.79 Å². The molecule has 2 aromatic carbocycles. The summed E-state index contributed by atoms with van der Waals surface area (Å²) < 4.78 is 50.4. The summed E-state index contributed by atoms with van der Waals surface area (Å²) in [7, 11) is 0.927. The third-order valence-corrected chi connectivity index (χ3v) is 7.63. The minimum atomic E-state index is -3.73. The largest absolute Gasteiger partial charge is 0.497 e. The summed E-state index contributed by atoms with van der Waals surface area (Å²) in [6.07, 6.45) is 2.32. The molecular weight excluding hydrogens is 435 g/mol. The second-order valence-electron chi connectivity index (χ2n) is 7.74. The molecular formula is C23H29FN2O5S. The van der Waals surface area contributed by atoms with Crippen molar-refractivity contribution in [3.8, 4) is 11.5 Å².